The van der Waals surface area contributed by atoms with Gasteiger partial charge in [0.25, 0.3) is 0 Å². The summed E-state index contributed by atoms with van der Waals surface area (Å²) in [6.07, 6.45) is -6.70. The Balaban J connectivity index is 1.55. The van der Waals surface area contributed by atoms with Crippen molar-refractivity contribution in [3.05, 3.63) is 58.9 Å². The monoisotopic (exact) mass is 453 g/mol. The summed E-state index contributed by atoms with van der Waals surface area (Å²) in [5.41, 5.74) is 0.681. The third-order valence-corrected chi connectivity index (χ3v) is 7.00. The van der Waals surface area contributed by atoms with Crippen LogP contribution in [0.5, 0.6) is 5.75 Å². The van der Waals surface area contributed by atoms with E-state index in [2.05, 4.69) is 0 Å². The molecule has 148 valence electrons. The van der Waals surface area contributed by atoms with Gasteiger partial charge in [0.1, 0.15) is 0 Å². The summed E-state index contributed by atoms with van der Waals surface area (Å²) in [5, 5.41) is 39.6. The molecule has 1 aromatic heterocycles. The van der Waals surface area contributed by atoms with Crippen LogP contribution in [0.15, 0.2) is 53.3 Å². The van der Waals surface area contributed by atoms with Crippen LogP contribution < -0.4 is 10.3 Å². The van der Waals surface area contributed by atoms with Crippen LogP contribution in [-0.2, 0) is 4.74 Å². The third-order valence-electron chi connectivity index (χ3n) is 4.66. The van der Waals surface area contributed by atoms with Gasteiger partial charge in [0.05, 0.1) is 0 Å². The van der Waals surface area contributed by atoms with Crippen molar-refractivity contribution in [1.29, 1.82) is 0 Å². The number of rotatable bonds is 4. The van der Waals surface area contributed by atoms with Crippen LogP contribution in [0.2, 0.25) is 0 Å². The first-order valence-corrected chi connectivity index (χ1v) is 10.3. The van der Waals surface area contributed by atoms with Crippen molar-refractivity contribution in [3.63, 3.8) is 0 Å². The number of hydrogen-bond donors (Lipinski definition) is 4. The average Bonchev–Trinajstić information content (AvgIpc) is 3.06. The third kappa shape index (κ3) is 3.42. The van der Waals surface area contributed by atoms with Gasteiger partial charge in [0.2, 0.25) is 0 Å². The van der Waals surface area contributed by atoms with E-state index in [0.29, 0.717) is 11.1 Å². The van der Waals surface area contributed by atoms with Gasteiger partial charge in [-0.2, -0.15) is 0 Å². The second-order valence-corrected chi connectivity index (χ2v) is 8.57. The standard InChI is InChI=1S/C19H19NO7Se/c21-9-13-15(22)16(23)17(24)19(27-13)26-11-7-5-10(6-8-11)20-18(25)12-3-1-2-4-14(12)28-20/h1-8,13,15-17,19,21-24H,9H2/t13?,15-,16+,17?,19-/m1/s1. The first kappa shape index (κ1) is 19.4. The van der Waals surface area contributed by atoms with E-state index in [0.717, 1.165) is 9.95 Å². The molecule has 0 bridgehead atoms. The van der Waals surface area contributed by atoms with E-state index < -0.39 is 37.3 Å². The quantitative estimate of drug-likeness (QED) is 0.384. The van der Waals surface area contributed by atoms with Crippen molar-refractivity contribution in [2.75, 3.05) is 6.61 Å². The molecule has 28 heavy (non-hydrogen) atoms. The predicted molar refractivity (Wildman–Crippen MR) is 101 cm³/mol. The Morgan fingerprint density at radius 1 is 1.00 bits per heavy atom. The molecule has 0 saturated carbocycles. The summed E-state index contributed by atoms with van der Waals surface area (Å²) in [5.74, 6) is 0.352. The fraction of sp³-hybridized carbons (Fsp3) is 0.316. The van der Waals surface area contributed by atoms with E-state index in [1.54, 1.807) is 27.8 Å². The van der Waals surface area contributed by atoms with Crippen LogP contribution in [-0.4, -0.2) is 76.0 Å². The van der Waals surface area contributed by atoms with Gasteiger partial charge in [-0.15, -0.1) is 0 Å². The maximum atomic E-state index is 12.6. The molecule has 2 heterocycles. The predicted octanol–water partition coefficient (Wildman–Crippen LogP) is -0.774. The Bertz CT molecular complexity index is 1010. The summed E-state index contributed by atoms with van der Waals surface area (Å²) in [6, 6.07) is 14.2. The molecule has 4 N–H and O–H groups in total. The van der Waals surface area contributed by atoms with E-state index in [-0.39, 0.29) is 20.3 Å². The maximum absolute atomic E-state index is 12.6. The van der Waals surface area contributed by atoms with E-state index in [9.17, 15) is 25.2 Å². The molecule has 4 rings (SSSR count). The second kappa shape index (κ2) is 7.81. The number of nitrogens with zero attached hydrogens (tertiary/aromatic N) is 1. The Labute approximate surface area is 165 Å². The number of hydrogen-bond acceptors (Lipinski definition) is 7. The van der Waals surface area contributed by atoms with Gasteiger partial charge < -0.3 is 0 Å². The van der Waals surface area contributed by atoms with Crippen molar-refractivity contribution in [1.82, 2.24) is 3.56 Å². The summed E-state index contributed by atoms with van der Waals surface area (Å²) in [6.45, 7) is -0.524. The molecule has 8 nitrogen and oxygen atoms in total. The number of ether oxygens (including phenoxy) is 2. The fourth-order valence-electron chi connectivity index (χ4n) is 3.10. The Hall–Kier alpha value is -1.97. The molecule has 2 aromatic carbocycles. The van der Waals surface area contributed by atoms with Gasteiger partial charge in [-0.1, -0.05) is 0 Å². The SMILES string of the molecule is O=c1c2ccccc2[se]n1-c1ccc(O[C@@H]2OC(CO)[C@@H](O)[C@H](O)C2O)cc1. The van der Waals surface area contributed by atoms with Crippen molar-refractivity contribution in [2.45, 2.75) is 30.7 Å². The molecule has 9 heteroatoms. The van der Waals surface area contributed by atoms with E-state index >= 15 is 0 Å². The molecular formula is C19H19NO7Se. The van der Waals surface area contributed by atoms with Gasteiger partial charge in [0, 0.05) is 0 Å². The molecule has 0 aliphatic carbocycles. The molecule has 5 atom stereocenters. The van der Waals surface area contributed by atoms with Crippen LogP contribution in [0, 0.1) is 0 Å². The van der Waals surface area contributed by atoms with Crippen LogP contribution in [0.3, 0.4) is 0 Å². The second-order valence-electron chi connectivity index (χ2n) is 6.50. The molecule has 0 amide bonds. The molecule has 1 aliphatic rings. The van der Waals surface area contributed by atoms with Crippen LogP contribution in [0.25, 0.3) is 15.3 Å². The number of fused-ring (bicyclic) bond motifs is 1. The Morgan fingerprint density at radius 2 is 1.71 bits per heavy atom. The first-order chi connectivity index (χ1) is 13.5. The average molecular weight is 452 g/mol. The van der Waals surface area contributed by atoms with Gasteiger partial charge in [-0.25, -0.2) is 0 Å². The van der Waals surface area contributed by atoms with Crippen molar-refractivity contribution in [3.8, 4) is 11.4 Å². The van der Waals surface area contributed by atoms with E-state index in [1.165, 1.54) is 0 Å². The summed E-state index contributed by atoms with van der Waals surface area (Å²) in [4.78, 5) is 12.6. The van der Waals surface area contributed by atoms with Crippen molar-refractivity contribution in [2.24, 2.45) is 0 Å². The zero-order valence-corrected chi connectivity index (χ0v) is 16.3. The molecule has 3 aromatic rings. The number of aliphatic hydroxyl groups excluding tert-OH is 4. The number of aromatic nitrogens is 1. The van der Waals surface area contributed by atoms with Gasteiger partial charge in [0.15, 0.2) is 0 Å². The Morgan fingerprint density at radius 3 is 2.39 bits per heavy atom. The number of benzene rings is 2. The van der Waals surface area contributed by atoms with Gasteiger partial charge in [-0.05, 0) is 0 Å². The van der Waals surface area contributed by atoms with Crippen molar-refractivity contribution >= 4 is 24.4 Å². The minimum atomic E-state index is -1.50. The zero-order valence-electron chi connectivity index (χ0n) is 14.6. The summed E-state index contributed by atoms with van der Waals surface area (Å²) in [7, 11) is 0. The molecule has 2 unspecified atom stereocenters. The van der Waals surface area contributed by atoms with Gasteiger partial charge in [-0.3, -0.25) is 0 Å². The molecule has 1 aliphatic heterocycles. The molecule has 0 spiro atoms. The summed E-state index contributed by atoms with van der Waals surface area (Å²) >= 11 is -0.146. The normalized spacial score (nSPS) is 27.8. The zero-order chi connectivity index (χ0) is 19.8. The molecule has 0 radical (unpaired) electrons. The fourth-order valence-corrected chi connectivity index (χ4v) is 5.20. The summed E-state index contributed by atoms with van der Waals surface area (Å²) < 4.78 is 13.6. The van der Waals surface area contributed by atoms with E-state index in [1.807, 2.05) is 24.3 Å². The molecule has 1 saturated heterocycles. The van der Waals surface area contributed by atoms with Crippen LogP contribution >= 0.6 is 0 Å². The minimum absolute atomic E-state index is 0.0433. The topological polar surface area (TPSA) is 121 Å². The van der Waals surface area contributed by atoms with Crippen molar-refractivity contribution < 1.29 is 29.9 Å². The van der Waals surface area contributed by atoms with Crippen LogP contribution in [0.4, 0.5) is 0 Å². The Kier molecular flexibility index (Phi) is 5.39. The van der Waals surface area contributed by atoms with Gasteiger partial charge >= 0.3 is 165 Å². The van der Waals surface area contributed by atoms with Crippen LogP contribution in [0.1, 0.15) is 0 Å². The molecular weight excluding hydrogens is 433 g/mol. The molecule has 1 fully saturated rings. The van der Waals surface area contributed by atoms with E-state index in [4.69, 9.17) is 9.47 Å². The number of aliphatic hydroxyl groups is 4. The first-order valence-electron chi connectivity index (χ1n) is 8.68.